The van der Waals surface area contributed by atoms with Crippen molar-refractivity contribution in [2.75, 3.05) is 39.8 Å². The second-order valence-electron chi connectivity index (χ2n) is 5.95. The van der Waals surface area contributed by atoms with E-state index in [1.165, 1.54) is 18.6 Å². The highest BCUT2D eigenvalue weighted by molar-refractivity contribution is 14.0. The van der Waals surface area contributed by atoms with Crippen LogP contribution in [0.5, 0.6) is 0 Å². The van der Waals surface area contributed by atoms with Crippen LogP contribution in [0.15, 0.2) is 29.3 Å². The monoisotopic (exact) mass is 464 g/mol. The minimum atomic E-state index is -0.199. The van der Waals surface area contributed by atoms with Gasteiger partial charge in [0.05, 0.1) is 0 Å². The second kappa shape index (κ2) is 14.3. The lowest BCUT2D eigenvalue weighted by atomic mass is 10.2. The average Bonchev–Trinajstić information content (AvgIpc) is 2.59. The van der Waals surface area contributed by atoms with Crippen LogP contribution in [0.3, 0.4) is 0 Å². The Hall–Kier alpha value is -0.890. The van der Waals surface area contributed by atoms with Crippen LogP contribution in [0.1, 0.15) is 39.2 Å². The maximum Gasteiger partial charge on any atom is 0.193 e. The molecule has 0 spiro atoms. The number of hydrogen-bond donors (Lipinski definition) is 1. The molecule has 144 valence electrons. The summed E-state index contributed by atoms with van der Waals surface area (Å²) < 4.78 is 13.0. The molecule has 4 nitrogen and oxygen atoms in total. The molecule has 1 N–H and O–H groups in total. The smallest absolute Gasteiger partial charge is 0.193 e. The van der Waals surface area contributed by atoms with Gasteiger partial charge in [-0.05, 0) is 57.1 Å². The van der Waals surface area contributed by atoms with E-state index in [1.807, 2.05) is 19.2 Å². The van der Waals surface area contributed by atoms with Gasteiger partial charge in [0, 0.05) is 26.7 Å². The zero-order valence-electron chi connectivity index (χ0n) is 16.1. The van der Waals surface area contributed by atoms with E-state index >= 15 is 0 Å². The molecule has 0 heterocycles. The van der Waals surface area contributed by atoms with Crippen LogP contribution < -0.4 is 5.32 Å². The van der Waals surface area contributed by atoms with Crippen molar-refractivity contribution >= 4 is 29.9 Å². The molecule has 25 heavy (non-hydrogen) atoms. The van der Waals surface area contributed by atoms with Crippen LogP contribution in [0.2, 0.25) is 0 Å². The predicted molar refractivity (Wildman–Crippen MR) is 116 cm³/mol. The lowest BCUT2D eigenvalue weighted by Gasteiger charge is -2.22. The Balaban J connectivity index is 0.00000576. The molecule has 0 saturated carbocycles. The molecule has 0 bridgehead atoms. The maximum absolute atomic E-state index is 13.0. The summed E-state index contributed by atoms with van der Waals surface area (Å²) in [6, 6.07) is 6.64. The maximum atomic E-state index is 13.0. The first-order valence-electron chi connectivity index (χ1n) is 9.06. The predicted octanol–water partition coefficient (Wildman–Crippen LogP) is 3.96. The zero-order valence-corrected chi connectivity index (χ0v) is 18.4. The van der Waals surface area contributed by atoms with Crippen molar-refractivity contribution in [3.8, 4) is 0 Å². The molecule has 0 aliphatic rings. The van der Waals surface area contributed by atoms with Gasteiger partial charge in [-0.1, -0.05) is 26.0 Å². The van der Waals surface area contributed by atoms with Crippen molar-refractivity contribution in [3.63, 3.8) is 0 Å². The van der Waals surface area contributed by atoms with E-state index in [4.69, 9.17) is 4.99 Å². The fourth-order valence-electron chi connectivity index (χ4n) is 2.58. The highest BCUT2D eigenvalue weighted by Crippen LogP contribution is 2.06. The summed E-state index contributed by atoms with van der Waals surface area (Å²) in [5, 5.41) is 3.33. The molecule has 0 saturated heterocycles. The fraction of sp³-hybridized carbons (Fsp3) is 0.632. The number of benzene rings is 1. The van der Waals surface area contributed by atoms with Crippen LogP contribution in [0.4, 0.5) is 4.39 Å². The number of aliphatic imine (C=N–C) groups is 1. The van der Waals surface area contributed by atoms with Gasteiger partial charge in [-0.2, -0.15) is 0 Å². The Morgan fingerprint density at radius 1 is 1.08 bits per heavy atom. The quantitative estimate of drug-likeness (QED) is 0.246. The Kier molecular flexibility index (Phi) is 13.8. The van der Waals surface area contributed by atoms with E-state index in [1.54, 1.807) is 0 Å². The lowest BCUT2D eigenvalue weighted by molar-refractivity contribution is 0.297. The molecule has 1 aromatic carbocycles. The van der Waals surface area contributed by atoms with Crippen molar-refractivity contribution in [1.29, 1.82) is 0 Å². The molecule has 0 radical (unpaired) electrons. The summed E-state index contributed by atoms with van der Waals surface area (Å²) in [5.41, 5.74) is 1.08. The van der Waals surface area contributed by atoms with Crippen molar-refractivity contribution in [3.05, 3.63) is 35.6 Å². The summed E-state index contributed by atoms with van der Waals surface area (Å²) in [6.45, 7) is 12.2. The first-order valence-corrected chi connectivity index (χ1v) is 9.06. The molecule has 0 fully saturated rings. The summed E-state index contributed by atoms with van der Waals surface area (Å²) in [6.07, 6.45) is 2.27. The van der Waals surface area contributed by atoms with Crippen molar-refractivity contribution in [1.82, 2.24) is 15.1 Å². The fourth-order valence-corrected chi connectivity index (χ4v) is 2.58. The van der Waals surface area contributed by atoms with Crippen LogP contribution in [0.25, 0.3) is 0 Å². The van der Waals surface area contributed by atoms with Gasteiger partial charge in [-0.3, -0.25) is 4.99 Å². The molecule has 1 aromatic rings. The van der Waals surface area contributed by atoms with E-state index in [9.17, 15) is 4.39 Å². The van der Waals surface area contributed by atoms with Crippen LogP contribution in [-0.4, -0.2) is 55.5 Å². The van der Waals surface area contributed by atoms with E-state index in [-0.39, 0.29) is 29.8 Å². The largest absolute Gasteiger partial charge is 0.357 e. The topological polar surface area (TPSA) is 30.9 Å². The number of rotatable bonds is 10. The average molecular weight is 464 g/mol. The van der Waals surface area contributed by atoms with Crippen molar-refractivity contribution in [2.24, 2.45) is 4.99 Å². The number of unbranched alkanes of at least 4 members (excludes halogenated alkanes) is 1. The molecule has 0 aromatic heterocycles. The summed E-state index contributed by atoms with van der Waals surface area (Å²) in [7, 11) is 2.01. The third-order valence-corrected chi connectivity index (χ3v) is 4.07. The van der Waals surface area contributed by atoms with E-state index < -0.39 is 0 Å². The Bertz CT molecular complexity index is 475. The summed E-state index contributed by atoms with van der Waals surface area (Å²) in [4.78, 5) is 9.24. The van der Waals surface area contributed by atoms with Gasteiger partial charge in [-0.25, -0.2) is 4.39 Å². The van der Waals surface area contributed by atoms with Gasteiger partial charge in [0.25, 0.3) is 0 Å². The third-order valence-electron chi connectivity index (χ3n) is 4.07. The molecule has 1 rings (SSSR count). The molecule has 0 amide bonds. The molecular weight excluding hydrogens is 430 g/mol. The van der Waals surface area contributed by atoms with Gasteiger partial charge in [0.1, 0.15) is 5.82 Å². The standard InChI is InChI=1S/C19H33FN4.HI/c1-5-21-19(22-14-8-9-15-24(6-2)7-3)23(4)16-17-10-12-18(20)13-11-17;/h10-13H,5-9,14-16H2,1-4H3,(H,21,22);1H. The second-order valence-corrected chi connectivity index (χ2v) is 5.95. The van der Waals surface area contributed by atoms with E-state index in [0.29, 0.717) is 6.54 Å². The van der Waals surface area contributed by atoms with E-state index in [0.717, 1.165) is 50.7 Å². The zero-order chi connectivity index (χ0) is 17.8. The molecule has 0 unspecified atom stereocenters. The SMILES string of the molecule is CCNC(=NCCCCN(CC)CC)N(C)Cc1ccc(F)cc1.I. The van der Waals surface area contributed by atoms with Crippen LogP contribution >= 0.6 is 24.0 Å². The lowest BCUT2D eigenvalue weighted by Crippen LogP contribution is -2.38. The first kappa shape index (κ1) is 24.1. The number of halogens is 2. The highest BCUT2D eigenvalue weighted by atomic mass is 127. The number of nitrogens with zero attached hydrogens (tertiary/aromatic N) is 3. The van der Waals surface area contributed by atoms with Gasteiger partial charge in [0.2, 0.25) is 0 Å². The summed E-state index contributed by atoms with van der Waals surface area (Å²) in [5.74, 6) is 0.708. The molecule has 6 heteroatoms. The Morgan fingerprint density at radius 3 is 2.28 bits per heavy atom. The van der Waals surface area contributed by atoms with Gasteiger partial charge < -0.3 is 15.1 Å². The summed E-state index contributed by atoms with van der Waals surface area (Å²) >= 11 is 0. The van der Waals surface area contributed by atoms with Crippen LogP contribution in [-0.2, 0) is 6.54 Å². The molecule has 0 aliphatic carbocycles. The van der Waals surface area contributed by atoms with Gasteiger partial charge in [0.15, 0.2) is 5.96 Å². The minimum Gasteiger partial charge on any atom is -0.357 e. The van der Waals surface area contributed by atoms with Crippen molar-refractivity contribution < 1.29 is 4.39 Å². The number of nitrogens with one attached hydrogen (secondary N) is 1. The van der Waals surface area contributed by atoms with Gasteiger partial charge in [-0.15, -0.1) is 24.0 Å². The Labute approximate surface area is 169 Å². The number of hydrogen-bond acceptors (Lipinski definition) is 2. The minimum absolute atomic E-state index is 0. The van der Waals surface area contributed by atoms with Crippen LogP contribution in [0, 0.1) is 5.82 Å². The Morgan fingerprint density at radius 2 is 1.72 bits per heavy atom. The normalized spacial score (nSPS) is 11.4. The molecule has 0 aliphatic heterocycles. The number of guanidine groups is 1. The molecular formula is C19H34FIN4. The first-order chi connectivity index (χ1) is 11.6. The van der Waals surface area contributed by atoms with E-state index in [2.05, 4.69) is 35.9 Å². The highest BCUT2D eigenvalue weighted by Gasteiger charge is 2.06. The van der Waals surface area contributed by atoms with Gasteiger partial charge >= 0.3 is 0 Å². The molecule has 0 atom stereocenters. The third kappa shape index (κ3) is 9.99. The van der Waals surface area contributed by atoms with Crippen molar-refractivity contribution in [2.45, 2.75) is 40.2 Å².